The van der Waals surface area contributed by atoms with Gasteiger partial charge >= 0.3 is 0 Å². The highest BCUT2D eigenvalue weighted by molar-refractivity contribution is 5.86. The topological polar surface area (TPSA) is 75.1 Å². The summed E-state index contributed by atoms with van der Waals surface area (Å²) in [6.07, 6.45) is 3.36. The normalized spacial score (nSPS) is 11.7. The monoisotopic (exact) mass is 329 g/mol. The molecule has 6 heteroatoms. The summed E-state index contributed by atoms with van der Waals surface area (Å²) >= 11 is 0. The predicted molar refractivity (Wildman–Crippen MR) is 99.6 cm³/mol. The Hall–Kier alpha value is -2.66. The first-order valence-corrected chi connectivity index (χ1v) is 6.93. The van der Waals surface area contributed by atoms with E-state index < -0.39 is 0 Å². The molecule has 0 spiro atoms. The number of hydrazone groups is 1. The minimum Gasteiger partial charge on any atom is -0.367 e. The van der Waals surface area contributed by atoms with Gasteiger partial charge in [-0.05, 0) is 36.1 Å². The Bertz CT molecular complexity index is 722. The van der Waals surface area contributed by atoms with E-state index >= 15 is 0 Å². The van der Waals surface area contributed by atoms with Crippen LogP contribution in [-0.2, 0) is 0 Å². The van der Waals surface area contributed by atoms with Crippen molar-refractivity contribution in [3.8, 4) is 0 Å². The fourth-order valence-corrected chi connectivity index (χ4v) is 1.81. The van der Waals surface area contributed by atoms with Crippen molar-refractivity contribution in [1.29, 1.82) is 0 Å². The molecule has 0 unspecified atom stereocenters. The second kappa shape index (κ2) is 9.38. The van der Waals surface area contributed by atoms with E-state index in [1.165, 1.54) is 0 Å². The molecule has 2 aromatic carbocycles. The lowest BCUT2D eigenvalue weighted by Gasteiger charge is -1.99. The van der Waals surface area contributed by atoms with Crippen LogP contribution >= 0.6 is 12.4 Å². The molecule has 23 heavy (non-hydrogen) atoms. The first-order valence-electron chi connectivity index (χ1n) is 6.93. The average Bonchev–Trinajstić information content (AvgIpc) is 2.51. The van der Waals surface area contributed by atoms with Crippen LogP contribution in [0.4, 0.5) is 0 Å². The summed E-state index contributed by atoms with van der Waals surface area (Å²) in [6, 6.07) is 15.8. The Kier molecular flexibility index (Phi) is 7.50. The first-order chi connectivity index (χ1) is 10.7. The molecule has 0 heterocycles. The number of nitrogens with one attached hydrogen (secondary N) is 1. The molecular weight excluding hydrogens is 310 g/mol. The molecule has 0 aliphatic rings. The maximum atomic E-state index is 5.69. The van der Waals surface area contributed by atoms with Crippen molar-refractivity contribution in [2.45, 2.75) is 13.8 Å². The number of nitrogens with zero attached hydrogens (tertiary/aromatic N) is 3. The largest absolute Gasteiger partial charge is 0.367 e. The van der Waals surface area contributed by atoms with Crippen LogP contribution in [0.2, 0.25) is 0 Å². The van der Waals surface area contributed by atoms with E-state index in [0.29, 0.717) is 0 Å². The Balaban J connectivity index is 0.00000264. The maximum Gasteiger partial charge on any atom is 0.234 e. The minimum atomic E-state index is 0. The number of benzene rings is 2. The summed E-state index contributed by atoms with van der Waals surface area (Å²) in [4.78, 5) is 0. The second-order valence-electron chi connectivity index (χ2n) is 4.81. The summed E-state index contributed by atoms with van der Waals surface area (Å²) in [6.45, 7) is 4.03. The quantitative estimate of drug-likeness (QED) is 0.514. The van der Waals surface area contributed by atoms with E-state index in [4.69, 9.17) is 5.73 Å². The molecule has 5 nitrogen and oxygen atoms in total. The van der Waals surface area contributed by atoms with Crippen LogP contribution in [0.15, 0.2) is 63.8 Å². The van der Waals surface area contributed by atoms with E-state index in [9.17, 15) is 0 Å². The van der Waals surface area contributed by atoms with Crippen LogP contribution in [-0.4, -0.2) is 18.4 Å². The van der Waals surface area contributed by atoms with Crippen LogP contribution in [0.5, 0.6) is 0 Å². The van der Waals surface area contributed by atoms with Gasteiger partial charge in [-0.1, -0.05) is 48.5 Å². The van der Waals surface area contributed by atoms with Crippen molar-refractivity contribution < 1.29 is 0 Å². The molecule has 0 fully saturated rings. The highest BCUT2D eigenvalue weighted by Crippen LogP contribution is 2.04. The van der Waals surface area contributed by atoms with Gasteiger partial charge in [0.25, 0.3) is 0 Å². The Morgan fingerprint density at radius 1 is 0.913 bits per heavy atom. The number of aryl methyl sites for hydroxylation is 2. The maximum absolute atomic E-state index is 5.69. The van der Waals surface area contributed by atoms with Gasteiger partial charge in [-0.25, -0.2) is 5.43 Å². The zero-order valence-electron chi connectivity index (χ0n) is 13.1. The van der Waals surface area contributed by atoms with E-state index in [-0.39, 0.29) is 18.4 Å². The number of hydrogen-bond acceptors (Lipinski definition) is 3. The van der Waals surface area contributed by atoms with Crippen LogP contribution in [0.25, 0.3) is 0 Å². The lowest BCUT2D eigenvalue weighted by molar-refractivity contribution is 0.993. The molecular formula is C17H20ClN5. The molecule has 0 atom stereocenters. The standard InChI is InChI=1S/C17H19N5.ClH/c1-13-7-3-5-9-15(13)11-19-21-17(18)22-20-12-16-10-6-4-8-14(16)2;/h3-12H,1-2H3,(H3,18,21,22);1H. The lowest BCUT2D eigenvalue weighted by atomic mass is 10.1. The first kappa shape index (κ1) is 18.4. The molecule has 2 aromatic rings. The summed E-state index contributed by atoms with van der Waals surface area (Å²) < 4.78 is 0. The highest BCUT2D eigenvalue weighted by Gasteiger charge is 1.93. The number of rotatable bonds is 4. The van der Waals surface area contributed by atoms with Gasteiger partial charge < -0.3 is 5.73 Å². The van der Waals surface area contributed by atoms with Crippen molar-refractivity contribution >= 4 is 30.8 Å². The van der Waals surface area contributed by atoms with Crippen molar-refractivity contribution in [3.05, 3.63) is 70.8 Å². The predicted octanol–water partition coefficient (Wildman–Crippen LogP) is 3.00. The van der Waals surface area contributed by atoms with Gasteiger partial charge in [0, 0.05) is 0 Å². The number of halogens is 1. The number of guanidine groups is 1. The van der Waals surface area contributed by atoms with Gasteiger partial charge in [0.05, 0.1) is 12.4 Å². The number of hydrogen-bond donors (Lipinski definition) is 2. The third kappa shape index (κ3) is 5.92. The molecule has 0 aliphatic carbocycles. The molecule has 0 radical (unpaired) electrons. The second-order valence-corrected chi connectivity index (χ2v) is 4.81. The SMILES string of the molecule is Cc1ccccc1C=NN=C(N)NN=Cc1ccccc1C.Cl. The molecule has 0 saturated carbocycles. The Morgan fingerprint density at radius 2 is 1.43 bits per heavy atom. The fourth-order valence-electron chi connectivity index (χ4n) is 1.81. The van der Waals surface area contributed by atoms with Gasteiger partial charge in [0.1, 0.15) is 0 Å². The third-order valence-corrected chi connectivity index (χ3v) is 3.12. The summed E-state index contributed by atoms with van der Waals surface area (Å²) in [5.41, 5.74) is 12.6. The molecule has 0 aromatic heterocycles. The van der Waals surface area contributed by atoms with Gasteiger partial charge in [0.2, 0.25) is 5.96 Å². The van der Waals surface area contributed by atoms with E-state index in [1.54, 1.807) is 12.4 Å². The average molecular weight is 330 g/mol. The van der Waals surface area contributed by atoms with Crippen LogP contribution in [0, 0.1) is 13.8 Å². The highest BCUT2D eigenvalue weighted by atomic mass is 35.5. The number of nitrogens with two attached hydrogens (primary N) is 1. The van der Waals surface area contributed by atoms with E-state index in [1.807, 2.05) is 62.4 Å². The van der Waals surface area contributed by atoms with Crippen molar-refractivity contribution in [3.63, 3.8) is 0 Å². The smallest absolute Gasteiger partial charge is 0.234 e. The molecule has 0 saturated heterocycles. The molecule has 2 rings (SSSR count). The molecule has 3 N–H and O–H groups in total. The zero-order valence-corrected chi connectivity index (χ0v) is 13.9. The zero-order chi connectivity index (χ0) is 15.8. The summed E-state index contributed by atoms with van der Waals surface area (Å²) in [5.74, 6) is 0.134. The Morgan fingerprint density at radius 3 is 2.00 bits per heavy atom. The van der Waals surface area contributed by atoms with Crippen LogP contribution < -0.4 is 11.2 Å². The minimum absolute atomic E-state index is 0. The van der Waals surface area contributed by atoms with Crippen molar-refractivity contribution in [1.82, 2.24) is 5.43 Å². The van der Waals surface area contributed by atoms with Gasteiger partial charge in [-0.3, -0.25) is 0 Å². The van der Waals surface area contributed by atoms with Crippen molar-refractivity contribution in [2.24, 2.45) is 21.0 Å². The molecule has 0 bridgehead atoms. The van der Waals surface area contributed by atoms with Gasteiger partial charge in [-0.2, -0.15) is 10.2 Å². The van der Waals surface area contributed by atoms with Crippen molar-refractivity contribution in [2.75, 3.05) is 0 Å². The van der Waals surface area contributed by atoms with Crippen LogP contribution in [0.1, 0.15) is 22.3 Å². The Labute approximate surface area is 142 Å². The molecule has 120 valence electrons. The molecule has 0 aliphatic heterocycles. The van der Waals surface area contributed by atoms with Gasteiger partial charge in [0.15, 0.2) is 0 Å². The van der Waals surface area contributed by atoms with Crippen LogP contribution in [0.3, 0.4) is 0 Å². The van der Waals surface area contributed by atoms with Gasteiger partial charge in [-0.15, -0.1) is 17.5 Å². The van der Waals surface area contributed by atoms with E-state index in [2.05, 4.69) is 20.7 Å². The lowest BCUT2D eigenvalue weighted by Crippen LogP contribution is -2.26. The fraction of sp³-hybridized carbons (Fsp3) is 0.118. The van der Waals surface area contributed by atoms with E-state index in [0.717, 1.165) is 22.3 Å². The third-order valence-electron chi connectivity index (χ3n) is 3.12. The summed E-state index contributed by atoms with van der Waals surface area (Å²) in [7, 11) is 0. The molecule has 0 amide bonds. The summed E-state index contributed by atoms with van der Waals surface area (Å²) in [5, 5.41) is 11.8.